The molecule has 5 nitrogen and oxygen atoms in total. The summed E-state index contributed by atoms with van der Waals surface area (Å²) in [6.45, 7) is -0.868. The molecule has 12 heteroatoms. The van der Waals surface area contributed by atoms with E-state index in [9.17, 15) is 41.0 Å². The summed E-state index contributed by atoms with van der Waals surface area (Å²) in [5.74, 6) is -0.441. The summed E-state index contributed by atoms with van der Waals surface area (Å²) < 4.78 is 78.6. The minimum Gasteiger partial charge on any atom is -0.465 e. The Bertz CT molecular complexity index is 991. The van der Waals surface area contributed by atoms with Crippen molar-refractivity contribution in [3.05, 3.63) is 64.2 Å². The minimum absolute atomic E-state index is 0.0318. The van der Waals surface area contributed by atoms with E-state index in [0.717, 1.165) is 0 Å². The average molecular weight is 481 g/mol. The number of alkyl halides is 6. The van der Waals surface area contributed by atoms with Gasteiger partial charge in [-0.25, -0.2) is 4.79 Å². The van der Waals surface area contributed by atoms with E-state index in [-0.39, 0.29) is 19.0 Å². The summed E-state index contributed by atoms with van der Waals surface area (Å²) in [6.07, 6.45) is -12.0. The maximum atomic E-state index is 13.1. The van der Waals surface area contributed by atoms with Crippen molar-refractivity contribution in [1.29, 1.82) is 0 Å². The molecule has 0 radical (unpaired) electrons. The molecule has 1 N–H and O–H groups in total. The first-order valence-corrected chi connectivity index (χ1v) is 9.47. The van der Waals surface area contributed by atoms with E-state index >= 15 is 0 Å². The van der Waals surface area contributed by atoms with Crippen LogP contribution in [0.1, 0.15) is 23.1 Å². The molecule has 1 aliphatic rings. The van der Waals surface area contributed by atoms with Crippen LogP contribution in [0.25, 0.3) is 0 Å². The Morgan fingerprint density at radius 1 is 1.03 bits per heavy atom. The van der Waals surface area contributed by atoms with E-state index in [4.69, 9.17) is 11.6 Å². The highest BCUT2D eigenvalue weighted by Gasteiger charge is 2.39. The molecule has 1 fully saturated rings. The standard InChI is InChI=1S/C20H15ClF6N2O3/c21-14-1-3-15(4-2-14)28-10-16(8-17(28)30)29(18(31)32)9-11-5-12(19(22,23)24)7-13(6-11)20(25,26)27/h1-7,16H,8-10H2,(H,31,32). The maximum absolute atomic E-state index is 13.1. The number of halogens is 7. The Hall–Kier alpha value is -2.95. The van der Waals surface area contributed by atoms with Crippen LogP contribution < -0.4 is 4.90 Å². The van der Waals surface area contributed by atoms with E-state index < -0.39 is 53.6 Å². The molecule has 1 atom stereocenters. The first-order valence-electron chi connectivity index (χ1n) is 9.09. The molecule has 1 unspecified atom stereocenters. The van der Waals surface area contributed by atoms with Crippen molar-refractivity contribution in [3.63, 3.8) is 0 Å². The van der Waals surface area contributed by atoms with Gasteiger partial charge in [0.1, 0.15) is 0 Å². The topological polar surface area (TPSA) is 60.9 Å². The smallest absolute Gasteiger partial charge is 0.416 e. The third-order valence-corrected chi connectivity index (χ3v) is 5.18. The summed E-state index contributed by atoms with van der Waals surface area (Å²) >= 11 is 5.81. The van der Waals surface area contributed by atoms with Crippen molar-refractivity contribution < 1.29 is 41.0 Å². The number of anilines is 1. The fraction of sp³-hybridized carbons (Fsp3) is 0.300. The lowest BCUT2D eigenvalue weighted by Crippen LogP contribution is -2.40. The van der Waals surface area contributed by atoms with Crippen molar-refractivity contribution in [2.24, 2.45) is 0 Å². The van der Waals surface area contributed by atoms with E-state index in [1.807, 2.05) is 0 Å². The van der Waals surface area contributed by atoms with Gasteiger partial charge in [-0.2, -0.15) is 26.3 Å². The van der Waals surface area contributed by atoms with Crippen LogP contribution in [0.4, 0.5) is 36.8 Å². The maximum Gasteiger partial charge on any atom is 0.416 e. The van der Waals surface area contributed by atoms with E-state index in [1.54, 1.807) is 0 Å². The number of carboxylic acid groups (broad SMARTS) is 1. The van der Waals surface area contributed by atoms with Gasteiger partial charge >= 0.3 is 18.4 Å². The third-order valence-electron chi connectivity index (χ3n) is 4.93. The van der Waals surface area contributed by atoms with Crippen LogP contribution in [0, 0.1) is 0 Å². The molecular formula is C20H15ClF6N2O3. The van der Waals surface area contributed by atoms with Gasteiger partial charge in [-0.1, -0.05) is 11.6 Å². The quantitative estimate of drug-likeness (QED) is 0.574. The van der Waals surface area contributed by atoms with Gasteiger partial charge in [-0.3, -0.25) is 9.69 Å². The van der Waals surface area contributed by atoms with Crippen molar-refractivity contribution in [2.45, 2.75) is 31.4 Å². The first-order chi connectivity index (χ1) is 14.8. The molecule has 1 saturated heterocycles. The number of nitrogens with zero attached hydrogens (tertiary/aromatic N) is 2. The molecule has 172 valence electrons. The van der Waals surface area contributed by atoms with Gasteiger partial charge in [-0.15, -0.1) is 0 Å². The molecule has 0 aromatic heterocycles. The lowest BCUT2D eigenvalue weighted by atomic mass is 10.0. The molecule has 1 heterocycles. The predicted molar refractivity (Wildman–Crippen MR) is 102 cm³/mol. The Labute approximate surface area is 182 Å². The minimum atomic E-state index is -5.06. The number of carbonyl (C=O) groups is 2. The van der Waals surface area contributed by atoms with E-state index in [2.05, 4.69) is 0 Å². The largest absolute Gasteiger partial charge is 0.465 e. The van der Waals surface area contributed by atoms with Gasteiger partial charge in [0.25, 0.3) is 0 Å². The number of amides is 2. The SMILES string of the molecule is O=C1CC(N(Cc2cc(C(F)(F)F)cc(C(F)(F)F)c2)C(=O)O)CN1c1ccc(Cl)cc1. The molecule has 1 aliphatic heterocycles. The second-order valence-corrected chi connectivity index (χ2v) is 7.60. The summed E-state index contributed by atoms with van der Waals surface area (Å²) in [7, 11) is 0. The van der Waals surface area contributed by atoms with Gasteiger partial charge in [0, 0.05) is 30.2 Å². The highest BCUT2D eigenvalue weighted by Crippen LogP contribution is 2.37. The number of carbonyl (C=O) groups excluding carboxylic acids is 1. The van der Waals surface area contributed by atoms with Gasteiger partial charge in [0.15, 0.2) is 0 Å². The zero-order valence-corrected chi connectivity index (χ0v) is 16.8. The van der Waals surface area contributed by atoms with Gasteiger partial charge in [0.05, 0.1) is 17.2 Å². The van der Waals surface area contributed by atoms with Gasteiger partial charge in [-0.05, 0) is 48.0 Å². The van der Waals surface area contributed by atoms with Crippen LogP contribution in [0.3, 0.4) is 0 Å². The molecule has 32 heavy (non-hydrogen) atoms. The van der Waals surface area contributed by atoms with Crippen molar-refractivity contribution in [2.75, 3.05) is 11.4 Å². The van der Waals surface area contributed by atoms with Crippen LogP contribution in [0.2, 0.25) is 5.02 Å². The van der Waals surface area contributed by atoms with Crippen LogP contribution >= 0.6 is 11.6 Å². The number of hydrogen-bond donors (Lipinski definition) is 1. The molecular weight excluding hydrogens is 466 g/mol. The molecule has 3 rings (SSSR count). The fourth-order valence-electron chi connectivity index (χ4n) is 3.43. The highest BCUT2D eigenvalue weighted by molar-refractivity contribution is 6.30. The number of rotatable bonds is 4. The molecule has 2 aromatic carbocycles. The van der Waals surface area contributed by atoms with Crippen LogP contribution in [0.5, 0.6) is 0 Å². The monoisotopic (exact) mass is 480 g/mol. The fourth-order valence-corrected chi connectivity index (χ4v) is 3.55. The summed E-state index contributed by atoms with van der Waals surface area (Å²) in [5.41, 5.74) is -3.14. The summed E-state index contributed by atoms with van der Waals surface area (Å²) in [4.78, 5) is 26.1. The Morgan fingerprint density at radius 2 is 1.56 bits per heavy atom. The Kier molecular flexibility index (Phi) is 6.32. The summed E-state index contributed by atoms with van der Waals surface area (Å²) in [5, 5.41) is 9.98. The highest BCUT2D eigenvalue weighted by atomic mass is 35.5. The zero-order chi connectivity index (χ0) is 23.8. The zero-order valence-electron chi connectivity index (χ0n) is 16.0. The molecule has 2 amide bonds. The van der Waals surface area contributed by atoms with Gasteiger partial charge < -0.3 is 10.0 Å². The van der Waals surface area contributed by atoms with Crippen LogP contribution in [-0.4, -0.2) is 34.6 Å². The van der Waals surface area contributed by atoms with Gasteiger partial charge in [0.2, 0.25) is 5.91 Å². The van der Waals surface area contributed by atoms with Crippen molar-refractivity contribution in [1.82, 2.24) is 4.90 Å². The molecule has 0 bridgehead atoms. The molecule has 2 aromatic rings. The van der Waals surface area contributed by atoms with Crippen LogP contribution in [-0.2, 0) is 23.7 Å². The van der Waals surface area contributed by atoms with Crippen molar-refractivity contribution >= 4 is 29.3 Å². The number of hydrogen-bond acceptors (Lipinski definition) is 2. The third kappa shape index (κ3) is 5.26. The van der Waals surface area contributed by atoms with E-state index in [0.29, 0.717) is 27.7 Å². The second-order valence-electron chi connectivity index (χ2n) is 7.16. The predicted octanol–water partition coefficient (Wildman–Crippen LogP) is 5.66. The normalized spacial score (nSPS) is 17.0. The molecule has 0 aliphatic carbocycles. The Balaban J connectivity index is 1.90. The first kappa shape index (κ1) is 23.7. The lowest BCUT2D eigenvalue weighted by molar-refractivity contribution is -0.143. The molecule has 0 saturated carbocycles. The summed E-state index contributed by atoms with van der Waals surface area (Å²) in [6, 6.07) is 6.06. The van der Waals surface area contributed by atoms with Crippen molar-refractivity contribution in [3.8, 4) is 0 Å². The molecule has 0 spiro atoms. The van der Waals surface area contributed by atoms with E-state index in [1.165, 1.54) is 29.2 Å². The lowest BCUT2D eigenvalue weighted by Gasteiger charge is -2.27. The van der Waals surface area contributed by atoms with Crippen LogP contribution in [0.15, 0.2) is 42.5 Å². The Morgan fingerprint density at radius 3 is 2.03 bits per heavy atom. The average Bonchev–Trinajstić information content (AvgIpc) is 3.06. The number of benzene rings is 2. The second kappa shape index (κ2) is 8.53.